The molecule has 0 saturated carbocycles. The van der Waals surface area contributed by atoms with Crippen molar-refractivity contribution in [2.45, 2.75) is 26.7 Å². The Morgan fingerprint density at radius 1 is 0.939 bits per heavy atom. The molecule has 8 heteroatoms. The topological polar surface area (TPSA) is 101 Å². The number of aryl methyl sites for hydroxylation is 1. The van der Waals surface area contributed by atoms with Crippen LogP contribution < -0.4 is 16.4 Å². The van der Waals surface area contributed by atoms with Crippen LogP contribution in [-0.2, 0) is 9.59 Å². The van der Waals surface area contributed by atoms with Gasteiger partial charge >= 0.3 is 0 Å². The zero-order valence-corrected chi connectivity index (χ0v) is 20.5. The highest BCUT2D eigenvalue weighted by Gasteiger charge is 2.17. The molecule has 170 valence electrons. The molecule has 3 rings (SSSR count). The second-order valence-electron chi connectivity index (χ2n) is 7.60. The number of ketones is 1. The molecule has 0 aliphatic heterocycles. The highest BCUT2D eigenvalue weighted by Crippen LogP contribution is 2.31. The molecule has 2 amide bonds. The number of halogens is 2. The lowest BCUT2D eigenvalue weighted by Crippen LogP contribution is -2.17. The lowest BCUT2D eigenvalue weighted by Gasteiger charge is -2.15. The fraction of sp³-hybridized carbons (Fsp3) is 0.160. The molecular formula is C25H23BrClN3O3. The summed E-state index contributed by atoms with van der Waals surface area (Å²) in [5.74, 6) is -1.01. The first-order valence-corrected chi connectivity index (χ1v) is 11.4. The molecule has 0 atom stereocenters. The monoisotopic (exact) mass is 527 g/mol. The van der Waals surface area contributed by atoms with Gasteiger partial charge in [0, 0.05) is 34.1 Å². The summed E-state index contributed by atoms with van der Waals surface area (Å²) in [6.07, 6.45) is -0.0452. The number of amides is 2. The quantitative estimate of drug-likeness (QED) is 0.317. The normalized spacial score (nSPS) is 10.5. The van der Waals surface area contributed by atoms with Crippen LogP contribution in [0.25, 0.3) is 0 Å². The van der Waals surface area contributed by atoms with Gasteiger partial charge in [0.05, 0.1) is 16.4 Å². The zero-order valence-electron chi connectivity index (χ0n) is 18.2. The van der Waals surface area contributed by atoms with Crippen LogP contribution in [-0.4, -0.2) is 17.6 Å². The lowest BCUT2D eigenvalue weighted by molar-refractivity contribution is -0.122. The van der Waals surface area contributed by atoms with Crippen LogP contribution in [0.4, 0.5) is 17.1 Å². The summed E-state index contributed by atoms with van der Waals surface area (Å²) in [4.78, 5) is 36.2. The predicted octanol–water partition coefficient (Wildman–Crippen LogP) is 5.90. The largest absolute Gasteiger partial charge is 0.370 e. The first kappa shape index (κ1) is 24.5. The number of anilines is 3. The molecule has 0 bridgehead atoms. The molecule has 0 radical (unpaired) electrons. The number of carbonyl (C=O) groups is 3. The minimum atomic E-state index is -0.539. The molecule has 4 N–H and O–H groups in total. The van der Waals surface area contributed by atoms with E-state index in [1.807, 2.05) is 32.0 Å². The molecule has 0 aliphatic rings. The number of carbonyl (C=O) groups excluding carboxylic acids is 3. The zero-order chi connectivity index (χ0) is 24.1. The van der Waals surface area contributed by atoms with Crippen LogP contribution in [0.2, 0.25) is 5.02 Å². The van der Waals surface area contributed by atoms with E-state index >= 15 is 0 Å². The second-order valence-corrected chi connectivity index (χ2v) is 8.92. The van der Waals surface area contributed by atoms with Gasteiger partial charge in [0.25, 0.3) is 0 Å². The van der Waals surface area contributed by atoms with E-state index in [-0.39, 0.29) is 24.5 Å². The lowest BCUT2D eigenvalue weighted by atomic mass is 9.96. The summed E-state index contributed by atoms with van der Waals surface area (Å²) in [7, 11) is 0. The van der Waals surface area contributed by atoms with Crippen LogP contribution in [0.5, 0.6) is 0 Å². The smallest absolute Gasteiger partial charge is 0.224 e. The van der Waals surface area contributed by atoms with E-state index in [0.717, 1.165) is 15.6 Å². The minimum absolute atomic E-state index is 0.0116. The van der Waals surface area contributed by atoms with E-state index in [2.05, 4.69) is 26.6 Å². The molecule has 0 unspecified atom stereocenters. The summed E-state index contributed by atoms with van der Waals surface area (Å²) in [5, 5.41) is 6.31. The standard InChI is InChI=1S/C25H23BrClN3O3/c1-14-4-3-5-18(15(14)2)25(33)19-8-7-17(13-20(19)27)29-21-9-6-16(26)12-22(21)30-24(32)11-10-23(28)31/h3-9,12-13,29H,10-11H2,1-2H3,(H2,28,31)(H,30,32). The van der Waals surface area contributed by atoms with E-state index in [0.29, 0.717) is 33.2 Å². The van der Waals surface area contributed by atoms with Gasteiger partial charge in [-0.3, -0.25) is 14.4 Å². The van der Waals surface area contributed by atoms with E-state index in [1.165, 1.54) is 0 Å². The van der Waals surface area contributed by atoms with Crippen LogP contribution in [0.1, 0.15) is 39.9 Å². The Morgan fingerprint density at radius 2 is 1.70 bits per heavy atom. The molecule has 0 spiro atoms. The molecule has 3 aromatic rings. The van der Waals surface area contributed by atoms with Gasteiger partial charge in [-0.15, -0.1) is 0 Å². The summed E-state index contributed by atoms with van der Waals surface area (Å²) in [6.45, 7) is 3.88. The van der Waals surface area contributed by atoms with Crippen LogP contribution >= 0.6 is 27.5 Å². The average Bonchev–Trinajstić information content (AvgIpc) is 2.76. The van der Waals surface area contributed by atoms with Crippen molar-refractivity contribution >= 4 is 62.2 Å². The number of hydrogen-bond acceptors (Lipinski definition) is 4. The van der Waals surface area contributed by atoms with Gasteiger partial charge in [0.2, 0.25) is 11.8 Å². The van der Waals surface area contributed by atoms with E-state index < -0.39 is 5.91 Å². The molecule has 33 heavy (non-hydrogen) atoms. The predicted molar refractivity (Wildman–Crippen MR) is 135 cm³/mol. The average molecular weight is 529 g/mol. The van der Waals surface area contributed by atoms with Gasteiger partial charge in [-0.25, -0.2) is 0 Å². The van der Waals surface area contributed by atoms with Crippen molar-refractivity contribution in [3.8, 4) is 0 Å². The van der Waals surface area contributed by atoms with Gasteiger partial charge in [-0.05, 0) is 61.4 Å². The maximum Gasteiger partial charge on any atom is 0.224 e. The maximum absolute atomic E-state index is 13.0. The first-order valence-electron chi connectivity index (χ1n) is 10.2. The molecule has 0 aromatic heterocycles. The molecule has 0 heterocycles. The van der Waals surface area contributed by atoms with Crippen molar-refractivity contribution in [2.24, 2.45) is 5.73 Å². The number of nitrogens with two attached hydrogens (primary N) is 1. The van der Waals surface area contributed by atoms with E-state index in [9.17, 15) is 14.4 Å². The number of primary amides is 1. The maximum atomic E-state index is 13.0. The van der Waals surface area contributed by atoms with Crippen molar-refractivity contribution < 1.29 is 14.4 Å². The molecule has 6 nitrogen and oxygen atoms in total. The van der Waals surface area contributed by atoms with Crippen LogP contribution in [0.15, 0.2) is 59.1 Å². The Morgan fingerprint density at radius 3 is 2.39 bits per heavy atom. The minimum Gasteiger partial charge on any atom is -0.370 e. The van der Waals surface area contributed by atoms with Crippen molar-refractivity contribution in [2.75, 3.05) is 10.6 Å². The summed E-state index contributed by atoms with van der Waals surface area (Å²) < 4.78 is 0.769. The van der Waals surface area contributed by atoms with Gasteiger partial charge in [0.1, 0.15) is 0 Å². The third kappa shape index (κ3) is 6.21. The Balaban J connectivity index is 1.83. The molecule has 3 aromatic carbocycles. The number of nitrogens with one attached hydrogen (secondary N) is 2. The molecular weight excluding hydrogens is 506 g/mol. The highest BCUT2D eigenvalue weighted by atomic mass is 79.9. The van der Waals surface area contributed by atoms with Crippen molar-refractivity contribution in [3.05, 3.63) is 86.3 Å². The molecule has 0 aliphatic carbocycles. The van der Waals surface area contributed by atoms with Crippen molar-refractivity contribution in [3.63, 3.8) is 0 Å². The van der Waals surface area contributed by atoms with E-state index in [4.69, 9.17) is 17.3 Å². The highest BCUT2D eigenvalue weighted by molar-refractivity contribution is 9.10. The number of hydrogen-bond donors (Lipinski definition) is 3. The summed E-state index contributed by atoms with van der Waals surface area (Å²) in [6, 6.07) is 16.1. The second kappa shape index (κ2) is 10.6. The summed E-state index contributed by atoms with van der Waals surface area (Å²) in [5.41, 5.74) is 9.89. The third-order valence-electron chi connectivity index (χ3n) is 5.20. The van der Waals surface area contributed by atoms with Gasteiger partial charge < -0.3 is 16.4 Å². The SMILES string of the molecule is Cc1cccc(C(=O)c2ccc(Nc3ccc(Br)cc3NC(=O)CCC(N)=O)cc2Cl)c1C. The van der Waals surface area contributed by atoms with Gasteiger partial charge in [-0.1, -0.05) is 45.7 Å². The number of benzene rings is 3. The third-order valence-corrected chi connectivity index (χ3v) is 6.00. The first-order chi connectivity index (χ1) is 15.7. The Kier molecular flexibility index (Phi) is 7.89. The fourth-order valence-corrected chi connectivity index (χ4v) is 3.88. The molecule has 0 fully saturated rings. The fourth-order valence-electron chi connectivity index (χ4n) is 3.25. The van der Waals surface area contributed by atoms with Crippen molar-refractivity contribution in [1.82, 2.24) is 0 Å². The Hall–Kier alpha value is -3.16. The van der Waals surface area contributed by atoms with Gasteiger partial charge in [0.15, 0.2) is 5.78 Å². The van der Waals surface area contributed by atoms with Crippen LogP contribution in [0, 0.1) is 13.8 Å². The summed E-state index contributed by atoms with van der Waals surface area (Å²) >= 11 is 9.86. The Labute approximate surface area is 205 Å². The van der Waals surface area contributed by atoms with Crippen molar-refractivity contribution in [1.29, 1.82) is 0 Å². The van der Waals surface area contributed by atoms with Gasteiger partial charge in [-0.2, -0.15) is 0 Å². The van der Waals surface area contributed by atoms with Crippen LogP contribution in [0.3, 0.4) is 0 Å². The molecule has 0 saturated heterocycles. The Bertz CT molecular complexity index is 1240. The number of rotatable bonds is 8. The van der Waals surface area contributed by atoms with E-state index in [1.54, 1.807) is 36.4 Å².